The lowest BCUT2D eigenvalue weighted by Gasteiger charge is -2.35. The predicted octanol–water partition coefficient (Wildman–Crippen LogP) is 1.22. The van der Waals surface area contributed by atoms with Gasteiger partial charge in [0.2, 0.25) is 11.8 Å². The number of benzene rings is 1. The number of hydrogen-bond donors (Lipinski definition) is 2. The first kappa shape index (κ1) is 19.6. The van der Waals surface area contributed by atoms with Crippen LogP contribution in [0.3, 0.4) is 0 Å². The van der Waals surface area contributed by atoms with Gasteiger partial charge < -0.3 is 20.7 Å². The van der Waals surface area contributed by atoms with Gasteiger partial charge in [0.05, 0.1) is 11.1 Å². The van der Waals surface area contributed by atoms with E-state index in [0.29, 0.717) is 39.0 Å². The molecule has 0 aliphatic carbocycles. The Morgan fingerprint density at radius 3 is 2.68 bits per heavy atom. The topological polar surface area (TPSA) is 84.7 Å². The van der Waals surface area contributed by atoms with E-state index in [1.165, 1.54) is 11.0 Å². The number of nitrogens with one attached hydrogen (secondary N) is 1. The summed E-state index contributed by atoms with van der Waals surface area (Å²) in [5, 5.41) is 2.82. The second-order valence-corrected chi connectivity index (χ2v) is 6.35. The van der Waals surface area contributed by atoms with Crippen LogP contribution in [0.4, 0.5) is 10.1 Å². The lowest BCUT2D eigenvalue weighted by molar-refractivity contribution is -0.138. The molecule has 1 unspecified atom stereocenters. The summed E-state index contributed by atoms with van der Waals surface area (Å²) in [6.45, 7) is 1.58. The second kappa shape index (κ2) is 8.12. The second-order valence-electron chi connectivity index (χ2n) is 6.35. The molecule has 0 radical (unpaired) electrons. The maximum absolute atomic E-state index is 13.9. The molecule has 1 atom stereocenters. The van der Waals surface area contributed by atoms with Crippen molar-refractivity contribution in [3.8, 4) is 0 Å². The predicted molar refractivity (Wildman–Crippen MR) is 94.1 cm³/mol. The third-order valence-corrected chi connectivity index (χ3v) is 4.98. The van der Waals surface area contributed by atoms with Crippen molar-refractivity contribution in [2.24, 2.45) is 11.1 Å². The Bertz CT molecular complexity index is 637. The highest BCUT2D eigenvalue weighted by Crippen LogP contribution is 2.31. The van der Waals surface area contributed by atoms with E-state index in [0.717, 1.165) is 0 Å². The molecule has 2 heterocycles. The molecule has 0 spiro atoms. The van der Waals surface area contributed by atoms with Crippen molar-refractivity contribution in [2.45, 2.75) is 25.3 Å². The van der Waals surface area contributed by atoms with Crippen molar-refractivity contribution in [1.82, 2.24) is 5.32 Å². The van der Waals surface area contributed by atoms with Gasteiger partial charge in [-0.25, -0.2) is 4.39 Å². The van der Waals surface area contributed by atoms with Crippen molar-refractivity contribution in [3.63, 3.8) is 0 Å². The fourth-order valence-electron chi connectivity index (χ4n) is 3.32. The van der Waals surface area contributed by atoms with Crippen LogP contribution in [0.5, 0.6) is 0 Å². The number of para-hydroxylation sites is 1. The van der Waals surface area contributed by atoms with E-state index in [1.54, 1.807) is 18.2 Å². The molecule has 2 aliphatic heterocycles. The van der Waals surface area contributed by atoms with Crippen molar-refractivity contribution in [1.29, 1.82) is 0 Å². The van der Waals surface area contributed by atoms with Crippen molar-refractivity contribution >= 4 is 29.9 Å². The number of ether oxygens (including phenoxy) is 1. The maximum Gasteiger partial charge on any atom is 0.249 e. The van der Waals surface area contributed by atoms with Crippen molar-refractivity contribution < 1.29 is 18.7 Å². The molecule has 2 aliphatic rings. The Morgan fingerprint density at radius 2 is 2.04 bits per heavy atom. The van der Waals surface area contributed by atoms with Gasteiger partial charge in [-0.15, -0.1) is 12.4 Å². The highest BCUT2D eigenvalue weighted by molar-refractivity contribution is 6.01. The van der Waals surface area contributed by atoms with Crippen LogP contribution in [-0.4, -0.2) is 44.2 Å². The van der Waals surface area contributed by atoms with Crippen LogP contribution >= 0.6 is 12.4 Å². The Kier molecular flexibility index (Phi) is 6.37. The highest BCUT2D eigenvalue weighted by Gasteiger charge is 2.42. The summed E-state index contributed by atoms with van der Waals surface area (Å²) in [6.07, 6.45) is 1.55. The van der Waals surface area contributed by atoms with Gasteiger partial charge >= 0.3 is 0 Å². The molecule has 1 aromatic carbocycles. The molecule has 1 aromatic rings. The van der Waals surface area contributed by atoms with E-state index in [-0.39, 0.29) is 36.5 Å². The summed E-state index contributed by atoms with van der Waals surface area (Å²) in [7, 11) is 0. The number of anilines is 1. The number of hydrogen-bond acceptors (Lipinski definition) is 4. The minimum atomic E-state index is -0.677. The van der Waals surface area contributed by atoms with E-state index in [1.807, 2.05) is 0 Å². The standard InChI is InChI=1S/C17H22FN3O3.ClH/c18-12-3-1-2-4-14(12)21-8-5-13(15(21)22)20-16(23)17(11-19)6-9-24-10-7-17;/h1-4,13H,5-11,19H2,(H,20,23);1H. The molecule has 3 N–H and O–H groups in total. The molecule has 3 rings (SSSR count). The Morgan fingerprint density at radius 1 is 1.36 bits per heavy atom. The minimum Gasteiger partial charge on any atom is -0.381 e. The molecule has 6 nitrogen and oxygen atoms in total. The van der Waals surface area contributed by atoms with Crippen molar-refractivity contribution in [2.75, 3.05) is 31.2 Å². The maximum atomic E-state index is 13.9. The van der Waals surface area contributed by atoms with Crippen LogP contribution in [0.25, 0.3) is 0 Å². The van der Waals surface area contributed by atoms with Crippen molar-refractivity contribution in [3.05, 3.63) is 30.1 Å². The van der Waals surface area contributed by atoms with Crippen LogP contribution in [0.2, 0.25) is 0 Å². The molecule has 0 aromatic heterocycles. The molecule has 2 fully saturated rings. The number of nitrogens with two attached hydrogens (primary N) is 1. The average Bonchev–Trinajstić information content (AvgIpc) is 2.96. The highest BCUT2D eigenvalue weighted by atomic mass is 35.5. The van der Waals surface area contributed by atoms with Gasteiger partial charge in [-0.05, 0) is 31.4 Å². The van der Waals surface area contributed by atoms with E-state index < -0.39 is 17.3 Å². The number of rotatable bonds is 4. The molecular weight excluding hydrogens is 349 g/mol. The summed E-state index contributed by atoms with van der Waals surface area (Å²) >= 11 is 0. The molecule has 0 saturated carbocycles. The van der Waals surface area contributed by atoms with Crippen LogP contribution in [0, 0.1) is 11.2 Å². The van der Waals surface area contributed by atoms with Gasteiger partial charge in [-0.3, -0.25) is 9.59 Å². The van der Waals surface area contributed by atoms with Gasteiger partial charge in [-0.1, -0.05) is 12.1 Å². The van der Waals surface area contributed by atoms with Crippen LogP contribution in [-0.2, 0) is 14.3 Å². The van der Waals surface area contributed by atoms with Gasteiger partial charge in [-0.2, -0.15) is 0 Å². The molecule has 2 amide bonds. The Balaban J connectivity index is 0.00000225. The number of carbonyl (C=O) groups is 2. The first-order valence-corrected chi connectivity index (χ1v) is 8.22. The third-order valence-electron chi connectivity index (χ3n) is 4.98. The number of nitrogens with zero attached hydrogens (tertiary/aromatic N) is 1. The van der Waals surface area contributed by atoms with Crippen LogP contribution < -0.4 is 16.0 Å². The normalized spacial score (nSPS) is 22.4. The number of amides is 2. The summed E-state index contributed by atoms with van der Waals surface area (Å²) in [5.74, 6) is -0.935. The number of carbonyl (C=O) groups excluding carboxylic acids is 2. The zero-order valence-electron chi connectivity index (χ0n) is 13.9. The van der Waals surface area contributed by atoms with Gasteiger partial charge in [0.25, 0.3) is 0 Å². The van der Waals surface area contributed by atoms with Crippen LogP contribution in [0.15, 0.2) is 24.3 Å². The Labute approximate surface area is 152 Å². The zero-order chi connectivity index (χ0) is 17.2. The summed E-state index contributed by atoms with van der Waals surface area (Å²) in [4.78, 5) is 26.6. The fraction of sp³-hybridized carbons (Fsp3) is 0.529. The van der Waals surface area contributed by atoms with E-state index in [9.17, 15) is 14.0 Å². The smallest absolute Gasteiger partial charge is 0.249 e. The van der Waals surface area contributed by atoms with E-state index in [4.69, 9.17) is 10.5 Å². The first-order chi connectivity index (χ1) is 11.6. The van der Waals surface area contributed by atoms with Gasteiger partial charge in [0, 0.05) is 26.3 Å². The molecular formula is C17H23ClFN3O3. The molecule has 8 heteroatoms. The zero-order valence-corrected chi connectivity index (χ0v) is 14.7. The van der Waals surface area contributed by atoms with Gasteiger partial charge in [0.1, 0.15) is 11.9 Å². The average molecular weight is 372 g/mol. The quantitative estimate of drug-likeness (QED) is 0.833. The molecule has 25 heavy (non-hydrogen) atoms. The molecule has 138 valence electrons. The summed E-state index contributed by atoms with van der Waals surface area (Å²) in [6, 6.07) is 5.51. The monoisotopic (exact) mass is 371 g/mol. The summed E-state index contributed by atoms with van der Waals surface area (Å²) < 4.78 is 19.2. The van der Waals surface area contributed by atoms with Crippen LogP contribution in [0.1, 0.15) is 19.3 Å². The van der Waals surface area contributed by atoms with Gasteiger partial charge in [0.15, 0.2) is 0 Å². The SMILES string of the molecule is Cl.NCC1(C(=O)NC2CCN(c3ccccc3F)C2=O)CCOCC1. The first-order valence-electron chi connectivity index (χ1n) is 8.22. The van der Waals surface area contributed by atoms with E-state index >= 15 is 0 Å². The lowest BCUT2D eigenvalue weighted by atomic mass is 9.79. The number of halogens is 2. The molecule has 2 saturated heterocycles. The van der Waals surface area contributed by atoms with E-state index in [2.05, 4.69) is 5.32 Å². The lowest BCUT2D eigenvalue weighted by Crippen LogP contribution is -2.53. The Hall–Kier alpha value is -1.70. The third kappa shape index (κ3) is 3.78. The molecule has 0 bridgehead atoms. The largest absolute Gasteiger partial charge is 0.381 e. The minimum absolute atomic E-state index is 0. The fourth-order valence-corrected chi connectivity index (χ4v) is 3.32. The summed E-state index contributed by atoms with van der Waals surface area (Å²) in [5.41, 5.74) is 5.40.